The van der Waals surface area contributed by atoms with Crippen LogP contribution in [-0.2, 0) is 10.0 Å². The summed E-state index contributed by atoms with van der Waals surface area (Å²) in [6, 6.07) is 4.73. The summed E-state index contributed by atoms with van der Waals surface area (Å²) >= 11 is 0. The third-order valence-electron chi connectivity index (χ3n) is 2.25. The van der Waals surface area contributed by atoms with Crippen LogP contribution in [0.4, 0.5) is 5.69 Å². The van der Waals surface area contributed by atoms with Gasteiger partial charge in [-0.1, -0.05) is 12.0 Å². The topological polar surface area (TPSA) is 72.2 Å². The average Bonchev–Trinajstić information content (AvgIpc) is 2.20. The molecule has 0 aliphatic rings. The van der Waals surface area contributed by atoms with Crippen LogP contribution in [0, 0.1) is 19.3 Å². The molecule has 0 radical (unpaired) electrons. The number of hydrogen-bond donors (Lipinski definition) is 2. The largest absolute Gasteiger partial charge is 0.399 e. The number of benzene rings is 1. The number of terminal acetylenes is 1. The molecule has 0 aliphatic heterocycles. The molecule has 0 spiro atoms. The normalized spacial score (nSPS) is 12.1. The lowest BCUT2D eigenvalue weighted by molar-refractivity contribution is 0.538. The van der Waals surface area contributed by atoms with Gasteiger partial charge in [0.05, 0.1) is 10.4 Å². The van der Waals surface area contributed by atoms with Gasteiger partial charge in [-0.25, -0.2) is 8.42 Å². The minimum atomic E-state index is -3.66. The van der Waals surface area contributed by atoms with Gasteiger partial charge in [-0.05, 0) is 38.5 Å². The number of nitrogens with one attached hydrogen (secondary N) is 1. The van der Waals surface area contributed by atoms with E-state index in [9.17, 15) is 8.42 Å². The predicted molar refractivity (Wildman–Crippen MR) is 68.8 cm³/mol. The zero-order valence-corrected chi connectivity index (χ0v) is 10.9. The molecule has 0 unspecified atom stereocenters. The number of nitrogens with two attached hydrogens (primary N) is 1. The van der Waals surface area contributed by atoms with E-state index in [2.05, 4.69) is 10.6 Å². The molecule has 5 heteroatoms. The highest BCUT2D eigenvalue weighted by Gasteiger charge is 2.25. The van der Waals surface area contributed by atoms with Crippen molar-refractivity contribution >= 4 is 15.7 Å². The minimum Gasteiger partial charge on any atom is -0.399 e. The van der Waals surface area contributed by atoms with E-state index in [1.165, 1.54) is 6.07 Å². The van der Waals surface area contributed by atoms with Crippen molar-refractivity contribution in [1.82, 2.24) is 4.72 Å². The lowest BCUT2D eigenvalue weighted by Gasteiger charge is -2.20. The first-order valence-corrected chi connectivity index (χ1v) is 6.54. The Balaban J connectivity index is 3.24. The Hall–Kier alpha value is -1.51. The fourth-order valence-corrected chi connectivity index (χ4v) is 2.95. The number of aryl methyl sites for hydroxylation is 1. The molecule has 1 rings (SSSR count). The molecule has 4 nitrogen and oxygen atoms in total. The third-order valence-corrected chi connectivity index (χ3v) is 4.05. The van der Waals surface area contributed by atoms with Gasteiger partial charge in [-0.2, -0.15) is 4.72 Å². The molecule has 92 valence electrons. The molecule has 0 bridgehead atoms. The van der Waals surface area contributed by atoms with Gasteiger partial charge in [0.15, 0.2) is 0 Å². The summed E-state index contributed by atoms with van der Waals surface area (Å²) in [6.45, 7) is 4.94. The molecule has 1 aromatic rings. The molecule has 0 aromatic heterocycles. The average molecular weight is 252 g/mol. The monoisotopic (exact) mass is 252 g/mol. The van der Waals surface area contributed by atoms with E-state index in [4.69, 9.17) is 12.2 Å². The minimum absolute atomic E-state index is 0.154. The first-order chi connectivity index (χ1) is 7.68. The first-order valence-electron chi connectivity index (χ1n) is 5.06. The molecule has 17 heavy (non-hydrogen) atoms. The van der Waals surface area contributed by atoms with Crippen LogP contribution in [-0.4, -0.2) is 14.0 Å². The van der Waals surface area contributed by atoms with Gasteiger partial charge in [0.25, 0.3) is 0 Å². The first kappa shape index (κ1) is 13.6. The van der Waals surface area contributed by atoms with E-state index in [-0.39, 0.29) is 4.90 Å². The molecule has 3 N–H and O–H groups in total. The third kappa shape index (κ3) is 3.22. The summed E-state index contributed by atoms with van der Waals surface area (Å²) in [7, 11) is -3.66. The molecule has 0 heterocycles. The fraction of sp³-hybridized carbons (Fsp3) is 0.333. The van der Waals surface area contributed by atoms with Gasteiger partial charge >= 0.3 is 0 Å². The molecule has 0 aliphatic carbocycles. The fourth-order valence-electron chi connectivity index (χ4n) is 1.33. The lowest BCUT2D eigenvalue weighted by Crippen LogP contribution is -2.42. The molecule has 0 saturated heterocycles. The standard InChI is InChI=1S/C12H16N2O2S/c1-5-12(3,4)14-17(15,16)11-8-10(13)7-6-9(11)2/h1,6-8,14H,13H2,2-4H3. The molecular weight excluding hydrogens is 236 g/mol. The van der Waals surface area contributed by atoms with Crippen LogP contribution in [0.5, 0.6) is 0 Å². The molecule has 0 atom stereocenters. The molecule has 0 saturated carbocycles. The van der Waals surface area contributed by atoms with Crippen molar-refractivity contribution in [2.75, 3.05) is 5.73 Å². The zero-order chi connectivity index (χ0) is 13.3. The van der Waals surface area contributed by atoms with Gasteiger partial charge in [0.1, 0.15) is 0 Å². The maximum Gasteiger partial charge on any atom is 0.242 e. The van der Waals surface area contributed by atoms with Crippen LogP contribution in [0.15, 0.2) is 23.1 Å². The van der Waals surface area contributed by atoms with Gasteiger partial charge in [-0.3, -0.25) is 0 Å². The summed E-state index contributed by atoms with van der Waals surface area (Å²) in [5.41, 5.74) is 5.68. The quantitative estimate of drug-likeness (QED) is 0.628. The summed E-state index contributed by atoms with van der Waals surface area (Å²) in [5.74, 6) is 2.38. The van der Waals surface area contributed by atoms with Crippen molar-refractivity contribution in [3.8, 4) is 12.3 Å². The molecule has 0 amide bonds. The van der Waals surface area contributed by atoms with E-state index in [1.807, 2.05) is 0 Å². The summed E-state index contributed by atoms with van der Waals surface area (Å²) in [4.78, 5) is 0.154. The van der Waals surface area contributed by atoms with Gasteiger partial charge < -0.3 is 5.73 Å². The van der Waals surface area contributed by atoms with Crippen LogP contribution in [0.1, 0.15) is 19.4 Å². The number of rotatable bonds is 3. The second-order valence-electron chi connectivity index (χ2n) is 4.40. The van der Waals surface area contributed by atoms with Crippen LogP contribution in [0.2, 0.25) is 0 Å². The van der Waals surface area contributed by atoms with Crippen LogP contribution in [0.3, 0.4) is 0 Å². The number of nitrogen functional groups attached to an aromatic ring is 1. The maximum absolute atomic E-state index is 12.1. The van der Waals surface area contributed by atoms with Gasteiger partial charge in [0, 0.05) is 5.69 Å². The van der Waals surface area contributed by atoms with Crippen LogP contribution < -0.4 is 10.5 Å². The Morgan fingerprint density at radius 3 is 2.53 bits per heavy atom. The lowest BCUT2D eigenvalue weighted by atomic mass is 10.1. The molecule has 0 fully saturated rings. The highest BCUT2D eigenvalue weighted by Crippen LogP contribution is 2.19. The Morgan fingerprint density at radius 1 is 1.41 bits per heavy atom. The van der Waals surface area contributed by atoms with E-state index < -0.39 is 15.6 Å². The second-order valence-corrected chi connectivity index (χ2v) is 6.05. The molecular formula is C12H16N2O2S. The van der Waals surface area contributed by atoms with Crippen molar-refractivity contribution < 1.29 is 8.42 Å². The van der Waals surface area contributed by atoms with E-state index in [0.29, 0.717) is 11.3 Å². The summed E-state index contributed by atoms with van der Waals surface area (Å²) in [6.07, 6.45) is 5.26. The highest BCUT2D eigenvalue weighted by molar-refractivity contribution is 7.89. The van der Waals surface area contributed by atoms with Crippen molar-refractivity contribution in [2.24, 2.45) is 0 Å². The van der Waals surface area contributed by atoms with Crippen LogP contribution in [0.25, 0.3) is 0 Å². The Morgan fingerprint density at radius 2 is 2.00 bits per heavy atom. The summed E-state index contributed by atoms with van der Waals surface area (Å²) in [5, 5.41) is 0. The van der Waals surface area contributed by atoms with Crippen molar-refractivity contribution in [2.45, 2.75) is 31.2 Å². The van der Waals surface area contributed by atoms with Crippen LogP contribution >= 0.6 is 0 Å². The van der Waals surface area contributed by atoms with Crippen molar-refractivity contribution in [3.05, 3.63) is 23.8 Å². The smallest absolute Gasteiger partial charge is 0.242 e. The van der Waals surface area contributed by atoms with E-state index in [1.54, 1.807) is 32.9 Å². The zero-order valence-electron chi connectivity index (χ0n) is 10.1. The number of hydrogen-bond acceptors (Lipinski definition) is 3. The van der Waals surface area contributed by atoms with Gasteiger partial charge in [-0.15, -0.1) is 6.42 Å². The van der Waals surface area contributed by atoms with E-state index >= 15 is 0 Å². The van der Waals surface area contributed by atoms with E-state index in [0.717, 1.165) is 0 Å². The Kier molecular flexibility index (Phi) is 3.51. The highest BCUT2D eigenvalue weighted by atomic mass is 32.2. The maximum atomic E-state index is 12.1. The Bertz CT molecular complexity index is 569. The predicted octanol–water partition coefficient (Wildman–Crippen LogP) is 1.27. The van der Waals surface area contributed by atoms with Crippen molar-refractivity contribution in [3.63, 3.8) is 0 Å². The second kappa shape index (κ2) is 4.40. The summed E-state index contributed by atoms with van der Waals surface area (Å²) < 4.78 is 26.7. The molecule has 1 aromatic carbocycles. The number of anilines is 1. The SMILES string of the molecule is C#CC(C)(C)NS(=O)(=O)c1cc(N)ccc1C. The Labute approximate surface area is 102 Å². The van der Waals surface area contributed by atoms with Gasteiger partial charge in [0.2, 0.25) is 10.0 Å². The van der Waals surface area contributed by atoms with Crippen molar-refractivity contribution in [1.29, 1.82) is 0 Å². The number of sulfonamides is 1.